The molecule has 2 amide bonds. The van der Waals surface area contributed by atoms with E-state index < -0.39 is 0 Å². The first-order valence-corrected chi connectivity index (χ1v) is 6.50. The van der Waals surface area contributed by atoms with E-state index in [-0.39, 0.29) is 11.8 Å². The first-order chi connectivity index (χ1) is 10.2. The quantitative estimate of drug-likeness (QED) is 0.679. The molecule has 4 heteroatoms. The Morgan fingerprint density at radius 1 is 0.905 bits per heavy atom. The van der Waals surface area contributed by atoms with Gasteiger partial charge in [0, 0.05) is 11.1 Å². The zero-order valence-electron chi connectivity index (χ0n) is 11.4. The zero-order valence-corrected chi connectivity index (χ0v) is 11.4. The van der Waals surface area contributed by atoms with Gasteiger partial charge in [-0.3, -0.25) is 14.9 Å². The molecule has 0 atom stereocenters. The van der Waals surface area contributed by atoms with Crippen molar-refractivity contribution in [3.63, 3.8) is 0 Å². The molecule has 4 nitrogen and oxygen atoms in total. The molecule has 0 aromatic heterocycles. The van der Waals surface area contributed by atoms with Crippen LogP contribution in [-0.2, 0) is 4.79 Å². The minimum absolute atomic E-state index is 0.359. The maximum absolute atomic E-state index is 12.1. The monoisotopic (exact) mass is 279 g/mol. The minimum atomic E-state index is -0.380. The van der Waals surface area contributed by atoms with Crippen LogP contribution in [0.5, 0.6) is 5.75 Å². The number of carbonyl (C=O) groups is 2. The highest BCUT2D eigenvalue weighted by Gasteiger charge is 2.26. The predicted octanol–water partition coefficient (Wildman–Crippen LogP) is 2.51. The summed E-state index contributed by atoms with van der Waals surface area (Å²) < 4.78 is 5.11. The summed E-state index contributed by atoms with van der Waals surface area (Å²) in [5.74, 6) is 0.0119. The van der Waals surface area contributed by atoms with E-state index in [1.807, 2.05) is 30.3 Å². The summed E-state index contributed by atoms with van der Waals surface area (Å²) >= 11 is 0. The fourth-order valence-corrected chi connectivity index (χ4v) is 2.29. The van der Waals surface area contributed by atoms with Crippen molar-refractivity contribution in [3.8, 4) is 5.75 Å². The van der Waals surface area contributed by atoms with Crippen LogP contribution in [0.4, 0.5) is 0 Å². The lowest BCUT2D eigenvalue weighted by molar-refractivity contribution is -0.114. The Bertz CT molecular complexity index is 745. The molecule has 0 aliphatic carbocycles. The molecular weight excluding hydrogens is 266 g/mol. The number of rotatable bonds is 2. The molecule has 0 spiro atoms. The van der Waals surface area contributed by atoms with E-state index in [1.165, 1.54) is 0 Å². The summed E-state index contributed by atoms with van der Waals surface area (Å²) in [6, 6.07) is 14.4. The van der Waals surface area contributed by atoms with Crippen LogP contribution in [-0.4, -0.2) is 18.9 Å². The van der Waals surface area contributed by atoms with Gasteiger partial charge in [0.2, 0.25) is 0 Å². The largest absolute Gasteiger partial charge is 0.497 e. The molecule has 21 heavy (non-hydrogen) atoms. The van der Waals surface area contributed by atoms with Crippen molar-refractivity contribution in [3.05, 3.63) is 65.2 Å². The lowest BCUT2D eigenvalue weighted by Gasteiger charge is -2.18. The van der Waals surface area contributed by atoms with Crippen molar-refractivity contribution in [2.45, 2.75) is 0 Å². The standard InChI is InChI=1S/C17H13NO3/c1-21-12-8-6-11(7-9-12)10-15-13-4-2-3-5-14(13)16(19)18-17(15)20/h2-10H,1H3,(H,18,19,20)/b15-10+. The molecule has 3 rings (SSSR count). The summed E-state index contributed by atoms with van der Waals surface area (Å²) in [5, 5.41) is 2.36. The second-order valence-corrected chi connectivity index (χ2v) is 4.66. The zero-order chi connectivity index (χ0) is 14.8. The van der Waals surface area contributed by atoms with Crippen LogP contribution in [0.3, 0.4) is 0 Å². The normalized spacial score (nSPS) is 15.6. The smallest absolute Gasteiger partial charge is 0.258 e. The molecule has 0 saturated carbocycles. The Labute approximate surface area is 122 Å². The Kier molecular flexibility index (Phi) is 3.28. The summed E-state index contributed by atoms with van der Waals surface area (Å²) in [6.45, 7) is 0. The first-order valence-electron chi connectivity index (χ1n) is 6.50. The van der Waals surface area contributed by atoms with Gasteiger partial charge in [0.25, 0.3) is 11.8 Å². The SMILES string of the molecule is COc1ccc(/C=C2/C(=O)NC(=O)c3ccccc32)cc1. The lowest BCUT2D eigenvalue weighted by Crippen LogP contribution is -2.36. The van der Waals surface area contributed by atoms with Crippen molar-refractivity contribution in [2.75, 3.05) is 7.11 Å². The lowest BCUT2D eigenvalue weighted by atomic mass is 9.93. The van der Waals surface area contributed by atoms with E-state index in [1.54, 1.807) is 31.4 Å². The van der Waals surface area contributed by atoms with Crippen molar-refractivity contribution in [1.29, 1.82) is 0 Å². The van der Waals surface area contributed by atoms with E-state index >= 15 is 0 Å². The minimum Gasteiger partial charge on any atom is -0.497 e. The molecule has 0 radical (unpaired) electrons. The summed E-state index contributed by atoms with van der Waals surface area (Å²) in [5.41, 5.74) is 2.51. The Balaban J connectivity index is 2.07. The van der Waals surface area contributed by atoms with Crippen molar-refractivity contribution in [1.82, 2.24) is 5.32 Å². The number of carbonyl (C=O) groups excluding carboxylic acids is 2. The average molecular weight is 279 g/mol. The maximum Gasteiger partial charge on any atom is 0.258 e. The molecule has 0 saturated heterocycles. The molecule has 0 bridgehead atoms. The molecule has 104 valence electrons. The molecule has 1 aliphatic rings. The second-order valence-electron chi connectivity index (χ2n) is 4.66. The fraction of sp³-hybridized carbons (Fsp3) is 0.0588. The van der Waals surface area contributed by atoms with Gasteiger partial charge in [0.15, 0.2) is 0 Å². The highest BCUT2D eigenvalue weighted by atomic mass is 16.5. The Hall–Kier alpha value is -2.88. The van der Waals surface area contributed by atoms with Gasteiger partial charge in [-0.1, -0.05) is 30.3 Å². The van der Waals surface area contributed by atoms with Gasteiger partial charge in [-0.25, -0.2) is 0 Å². The number of ether oxygens (including phenoxy) is 1. The van der Waals surface area contributed by atoms with Crippen molar-refractivity contribution >= 4 is 23.5 Å². The van der Waals surface area contributed by atoms with E-state index in [0.29, 0.717) is 16.7 Å². The number of amides is 2. The molecule has 1 N–H and O–H groups in total. The molecule has 1 heterocycles. The average Bonchev–Trinajstić information content (AvgIpc) is 2.52. The first kappa shape index (κ1) is 13.1. The number of methoxy groups -OCH3 is 1. The van der Waals surface area contributed by atoms with Crippen LogP contribution in [0.1, 0.15) is 21.5 Å². The second kappa shape index (κ2) is 5.25. The highest BCUT2D eigenvalue weighted by molar-refractivity contribution is 6.33. The third kappa shape index (κ3) is 2.43. The van der Waals surface area contributed by atoms with Crippen LogP contribution in [0.25, 0.3) is 11.6 Å². The van der Waals surface area contributed by atoms with Crippen molar-refractivity contribution < 1.29 is 14.3 Å². The van der Waals surface area contributed by atoms with Crippen LogP contribution >= 0.6 is 0 Å². The van der Waals surface area contributed by atoms with Gasteiger partial charge in [-0.05, 0) is 35.4 Å². The van der Waals surface area contributed by atoms with Crippen LogP contribution in [0, 0.1) is 0 Å². The molecular formula is C17H13NO3. The molecule has 0 fully saturated rings. The molecule has 2 aromatic carbocycles. The topological polar surface area (TPSA) is 55.4 Å². The van der Waals surface area contributed by atoms with Crippen molar-refractivity contribution in [2.24, 2.45) is 0 Å². The van der Waals surface area contributed by atoms with E-state index in [4.69, 9.17) is 4.74 Å². The van der Waals surface area contributed by atoms with Gasteiger partial charge in [0.05, 0.1) is 7.11 Å². The third-order valence-electron chi connectivity index (χ3n) is 3.36. The van der Waals surface area contributed by atoms with E-state index in [0.717, 1.165) is 11.3 Å². The summed E-state index contributed by atoms with van der Waals surface area (Å²) in [4.78, 5) is 23.9. The van der Waals surface area contributed by atoms with Gasteiger partial charge >= 0.3 is 0 Å². The van der Waals surface area contributed by atoms with Crippen LogP contribution in [0.15, 0.2) is 48.5 Å². The Morgan fingerprint density at radius 2 is 1.57 bits per heavy atom. The van der Waals surface area contributed by atoms with Crippen LogP contribution in [0.2, 0.25) is 0 Å². The van der Waals surface area contributed by atoms with Gasteiger partial charge in [0.1, 0.15) is 5.75 Å². The third-order valence-corrected chi connectivity index (χ3v) is 3.36. The van der Waals surface area contributed by atoms with E-state index in [9.17, 15) is 9.59 Å². The van der Waals surface area contributed by atoms with Gasteiger partial charge in [-0.2, -0.15) is 0 Å². The van der Waals surface area contributed by atoms with Gasteiger partial charge < -0.3 is 4.74 Å². The number of nitrogens with one attached hydrogen (secondary N) is 1. The molecule has 0 unspecified atom stereocenters. The summed E-state index contributed by atoms with van der Waals surface area (Å²) in [6.07, 6.45) is 1.76. The van der Waals surface area contributed by atoms with Crippen LogP contribution < -0.4 is 10.1 Å². The Morgan fingerprint density at radius 3 is 2.24 bits per heavy atom. The molecule has 1 aliphatic heterocycles. The number of imide groups is 1. The highest BCUT2D eigenvalue weighted by Crippen LogP contribution is 2.26. The molecule has 2 aromatic rings. The fourth-order valence-electron chi connectivity index (χ4n) is 2.29. The van der Waals surface area contributed by atoms with E-state index in [2.05, 4.69) is 5.32 Å². The predicted molar refractivity (Wildman–Crippen MR) is 79.8 cm³/mol. The maximum atomic E-state index is 12.1. The van der Waals surface area contributed by atoms with Gasteiger partial charge in [-0.15, -0.1) is 0 Å². The number of hydrogen-bond donors (Lipinski definition) is 1. The number of hydrogen-bond acceptors (Lipinski definition) is 3. The number of benzene rings is 2. The number of fused-ring (bicyclic) bond motifs is 1. The summed E-state index contributed by atoms with van der Waals surface area (Å²) in [7, 11) is 1.60.